The van der Waals surface area contributed by atoms with Gasteiger partial charge in [-0.15, -0.1) is 11.3 Å². The van der Waals surface area contributed by atoms with Gasteiger partial charge in [-0.25, -0.2) is 0 Å². The van der Waals surface area contributed by atoms with Crippen LogP contribution in [0.25, 0.3) is 0 Å². The molecule has 17 heavy (non-hydrogen) atoms. The second-order valence-corrected chi connectivity index (χ2v) is 5.03. The van der Waals surface area contributed by atoms with Crippen LogP contribution in [-0.2, 0) is 0 Å². The second kappa shape index (κ2) is 5.42. The summed E-state index contributed by atoms with van der Waals surface area (Å²) >= 11 is 13.4. The maximum atomic E-state index is 8.87. The van der Waals surface area contributed by atoms with E-state index in [0.717, 1.165) is 10.7 Å². The summed E-state index contributed by atoms with van der Waals surface area (Å²) in [7, 11) is 0. The summed E-state index contributed by atoms with van der Waals surface area (Å²) < 4.78 is 0. The zero-order valence-electron chi connectivity index (χ0n) is 8.73. The minimum Gasteiger partial charge on any atom is -0.319 e. The second-order valence-electron chi connectivity index (χ2n) is 3.29. The Morgan fingerprint density at radius 1 is 1.24 bits per heavy atom. The van der Waals surface area contributed by atoms with E-state index < -0.39 is 0 Å². The highest BCUT2D eigenvalue weighted by atomic mass is 35.5. The monoisotopic (exact) mass is 282 g/mol. The molecule has 1 aromatic heterocycles. The highest BCUT2D eigenvalue weighted by molar-refractivity contribution is 7.14. The number of hydrogen-bond acceptors (Lipinski definition) is 3. The fourth-order valence-electron chi connectivity index (χ4n) is 1.44. The number of hydrogen-bond donors (Lipinski definition) is 0. The summed E-state index contributed by atoms with van der Waals surface area (Å²) in [5, 5.41) is 12.9. The summed E-state index contributed by atoms with van der Waals surface area (Å²) in [6, 6.07) is 11.4. The zero-order valence-corrected chi connectivity index (χ0v) is 11.1. The first-order chi connectivity index (χ1) is 8.22. The van der Waals surface area contributed by atoms with Gasteiger partial charge in [-0.2, -0.15) is 5.26 Å². The van der Waals surface area contributed by atoms with E-state index in [2.05, 4.69) is 6.07 Å². The molecule has 0 aliphatic rings. The van der Waals surface area contributed by atoms with Crippen LogP contribution in [0, 0.1) is 11.3 Å². The molecule has 0 unspecified atom stereocenters. The summed E-state index contributed by atoms with van der Waals surface area (Å²) in [6.45, 7) is 0.276. The van der Waals surface area contributed by atoms with E-state index in [4.69, 9.17) is 28.5 Å². The Balaban J connectivity index is 2.40. The van der Waals surface area contributed by atoms with Gasteiger partial charge in [-0.05, 0) is 35.7 Å². The SMILES string of the molecule is N#CCN(c1ccc(Cl)c(Cl)c1)c1cccs1. The fourth-order valence-corrected chi connectivity index (χ4v) is 2.49. The molecular weight excluding hydrogens is 275 g/mol. The van der Waals surface area contributed by atoms with Gasteiger partial charge in [0, 0.05) is 5.69 Å². The number of nitrogens with zero attached hydrogens (tertiary/aromatic N) is 2. The summed E-state index contributed by atoms with van der Waals surface area (Å²) in [5.41, 5.74) is 0.864. The number of benzene rings is 1. The molecule has 0 spiro atoms. The third-order valence-electron chi connectivity index (χ3n) is 2.22. The van der Waals surface area contributed by atoms with Crippen LogP contribution in [0.4, 0.5) is 10.7 Å². The molecule has 0 amide bonds. The fraction of sp³-hybridized carbons (Fsp3) is 0.0833. The molecule has 0 aliphatic heterocycles. The quantitative estimate of drug-likeness (QED) is 0.762. The molecule has 0 bridgehead atoms. The molecular formula is C12H8Cl2N2S. The summed E-state index contributed by atoms with van der Waals surface area (Å²) in [4.78, 5) is 1.90. The predicted molar refractivity (Wildman–Crippen MR) is 73.4 cm³/mol. The molecule has 0 saturated heterocycles. The van der Waals surface area contributed by atoms with Crippen molar-refractivity contribution in [1.29, 1.82) is 5.26 Å². The minimum atomic E-state index is 0.276. The molecule has 5 heteroatoms. The van der Waals surface area contributed by atoms with Crippen LogP contribution in [0.2, 0.25) is 10.0 Å². The summed E-state index contributed by atoms with van der Waals surface area (Å²) in [6.07, 6.45) is 0. The number of thiophene rings is 1. The van der Waals surface area contributed by atoms with Crippen molar-refractivity contribution in [2.24, 2.45) is 0 Å². The first kappa shape index (κ1) is 12.3. The van der Waals surface area contributed by atoms with Crippen LogP contribution < -0.4 is 4.90 Å². The molecule has 0 atom stereocenters. The molecule has 2 rings (SSSR count). The van der Waals surface area contributed by atoms with E-state index >= 15 is 0 Å². The molecule has 0 N–H and O–H groups in total. The van der Waals surface area contributed by atoms with E-state index in [9.17, 15) is 0 Å². The van der Waals surface area contributed by atoms with Gasteiger partial charge in [0.25, 0.3) is 0 Å². The molecule has 0 aliphatic carbocycles. The lowest BCUT2D eigenvalue weighted by atomic mass is 10.3. The third kappa shape index (κ3) is 2.73. The smallest absolute Gasteiger partial charge is 0.111 e. The van der Waals surface area contributed by atoms with Crippen LogP contribution in [0.5, 0.6) is 0 Å². The Labute approximate surface area is 114 Å². The molecule has 0 fully saturated rings. The van der Waals surface area contributed by atoms with Crippen molar-refractivity contribution in [2.75, 3.05) is 11.4 Å². The first-order valence-electron chi connectivity index (χ1n) is 4.85. The molecule has 1 heterocycles. The molecule has 86 valence electrons. The van der Waals surface area contributed by atoms with Crippen molar-refractivity contribution in [3.8, 4) is 6.07 Å². The Bertz CT molecular complexity index is 546. The largest absolute Gasteiger partial charge is 0.319 e. The lowest BCUT2D eigenvalue weighted by molar-refractivity contribution is 1.12. The van der Waals surface area contributed by atoms with Crippen molar-refractivity contribution in [2.45, 2.75) is 0 Å². The maximum absolute atomic E-state index is 8.87. The molecule has 0 saturated carbocycles. The highest BCUT2D eigenvalue weighted by Gasteiger charge is 2.11. The summed E-state index contributed by atoms with van der Waals surface area (Å²) in [5.74, 6) is 0. The third-order valence-corrected chi connectivity index (χ3v) is 3.85. The zero-order chi connectivity index (χ0) is 12.3. The van der Waals surface area contributed by atoms with E-state index in [0.29, 0.717) is 10.0 Å². The van der Waals surface area contributed by atoms with E-state index in [-0.39, 0.29) is 6.54 Å². The van der Waals surface area contributed by atoms with Crippen molar-refractivity contribution in [3.63, 3.8) is 0 Å². The van der Waals surface area contributed by atoms with Gasteiger partial charge in [0.15, 0.2) is 0 Å². The van der Waals surface area contributed by atoms with Gasteiger partial charge >= 0.3 is 0 Å². The Kier molecular flexibility index (Phi) is 3.90. The van der Waals surface area contributed by atoms with Crippen molar-refractivity contribution < 1.29 is 0 Å². The highest BCUT2D eigenvalue weighted by Crippen LogP contribution is 2.33. The molecule has 2 nitrogen and oxygen atoms in total. The predicted octanol–water partition coefficient (Wildman–Crippen LogP) is 4.72. The Morgan fingerprint density at radius 2 is 2.06 bits per heavy atom. The molecule has 0 radical (unpaired) electrons. The van der Waals surface area contributed by atoms with Gasteiger partial charge in [0.2, 0.25) is 0 Å². The van der Waals surface area contributed by atoms with Crippen molar-refractivity contribution in [1.82, 2.24) is 0 Å². The van der Waals surface area contributed by atoms with Crippen molar-refractivity contribution in [3.05, 3.63) is 45.8 Å². The number of rotatable bonds is 3. The topological polar surface area (TPSA) is 27.0 Å². The van der Waals surface area contributed by atoms with Crippen LogP contribution in [0.15, 0.2) is 35.7 Å². The van der Waals surface area contributed by atoms with Crippen molar-refractivity contribution >= 4 is 45.2 Å². The van der Waals surface area contributed by atoms with Gasteiger partial charge in [0.05, 0.1) is 21.1 Å². The Hall–Kier alpha value is -1.21. The van der Waals surface area contributed by atoms with Gasteiger partial charge < -0.3 is 4.90 Å². The lowest BCUT2D eigenvalue weighted by Crippen LogP contribution is -2.15. The van der Waals surface area contributed by atoms with Gasteiger partial charge in [-0.1, -0.05) is 23.2 Å². The maximum Gasteiger partial charge on any atom is 0.111 e. The van der Waals surface area contributed by atoms with Gasteiger partial charge in [0.1, 0.15) is 6.54 Å². The molecule has 1 aromatic carbocycles. The number of halogens is 2. The minimum absolute atomic E-state index is 0.276. The number of anilines is 2. The average Bonchev–Trinajstić information content (AvgIpc) is 2.83. The number of nitriles is 1. The van der Waals surface area contributed by atoms with E-state index in [1.165, 1.54) is 0 Å². The van der Waals surface area contributed by atoms with Crippen LogP contribution in [-0.4, -0.2) is 6.54 Å². The van der Waals surface area contributed by atoms with E-state index in [1.807, 2.05) is 28.5 Å². The molecule has 2 aromatic rings. The van der Waals surface area contributed by atoms with Crippen LogP contribution in [0.3, 0.4) is 0 Å². The lowest BCUT2D eigenvalue weighted by Gasteiger charge is -2.20. The van der Waals surface area contributed by atoms with Crippen LogP contribution >= 0.6 is 34.5 Å². The standard InChI is InChI=1S/C12H8Cl2N2S/c13-10-4-3-9(8-11(10)14)16(6-5-15)12-2-1-7-17-12/h1-4,7-8H,6H2. The van der Waals surface area contributed by atoms with E-state index in [1.54, 1.807) is 23.5 Å². The normalized spacial score (nSPS) is 9.94. The first-order valence-corrected chi connectivity index (χ1v) is 6.49. The van der Waals surface area contributed by atoms with Gasteiger partial charge in [-0.3, -0.25) is 0 Å². The van der Waals surface area contributed by atoms with Crippen LogP contribution in [0.1, 0.15) is 0 Å². The Morgan fingerprint density at radius 3 is 2.65 bits per heavy atom. The average molecular weight is 283 g/mol.